The van der Waals surface area contributed by atoms with Gasteiger partial charge in [-0.15, -0.1) is 22.7 Å². The Kier molecular flexibility index (Phi) is 17.8. The summed E-state index contributed by atoms with van der Waals surface area (Å²) >= 11 is 3.70. The lowest BCUT2D eigenvalue weighted by atomic mass is 9.78. The Hall–Kier alpha value is -6.24. The zero-order valence-corrected chi connectivity index (χ0v) is 53.3. The number of thiophene rings is 2. The number of hydrogen-bond acceptors (Lipinski definition) is 5. The molecular formula is C73H89N3O2S2Si2. The third-order valence-electron chi connectivity index (χ3n) is 18.9. The van der Waals surface area contributed by atoms with Crippen molar-refractivity contribution in [1.82, 2.24) is 13.4 Å². The molecule has 0 unspecified atom stereocenters. The highest BCUT2D eigenvalue weighted by atomic mass is 32.1. The quantitative estimate of drug-likeness (QED) is 0.0805. The van der Waals surface area contributed by atoms with Crippen LogP contribution in [-0.4, -0.2) is 44.1 Å². The fraction of sp³-hybridized carbons (Fsp3) is 0.356. The van der Waals surface area contributed by atoms with Crippen LogP contribution in [-0.2, 0) is 12.8 Å². The molecule has 0 saturated heterocycles. The van der Waals surface area contributed by atoms with Gasteiger partial charge in [0, 0.05) is 71.2 Å². The third kappa shape index (κ3) is 9.59. The Morgan fingerprint density at radius 1 is 0.427 bits per heavy atom. The molecule has 82 heavy (non-hydrogen) atoms. The molecule has 0 spiro atoms. The zero-order chi connectivity index (χ0) is 56.4. The molecule has 0 amide bonds. The molecule has 0 fully saturated rings. The topological polar surface area (TPSA) is 41.2 Å². The molecule has 0 N–H and O–H groups in total. The first kappa shape index (κ1) is 60.4. The third-order valence-corrected chi connectivity index (χ3v) is 34.2. The normalized spacial score (nSPS) is 13.0. The highest BCUT2D eigenvalue weighted by Crippen LogP contribution is 2.53. The van der Waals surface area contributed by atoms with Gasteiger partial charge in [0.15, 0.2) is 16.5 Å². The van der Waals surface area contributed by atoms with E-state index in [1.165, 1.54) is 110 Å². The number of aromatic nitrogens is 3. The first-order valence-electron chi connectivity index (χ1n) is 29.4. The number of benzene rings is 6. The maximum atomic E-state index is 5.53. The minimum atomic E-state index is -1.93. The number of nitrogens with zero attached hydrogens (tertiary/aromatic N) is 3. The summed E-state index contributed by atoms with van der Waals surface area (Å²) in [7, 11) is -0.365. The maximum Gasteiger partial charge on any atom is 0.169 e. The minimum Gasteiger partial charge on any atom is -0.497 e. The van der Waals surface area contributed by atoms with Crippen LogP contribution in [0.5, 0.6) is 11.5 Å². The van der Waals surface area contributed by atoms with Crippen molar-refractivity contribution in [3.05, 3.63) is 162 Å². The van der Waals surface area contributed by atoms with Crippen LogP contribution in [0.1, 0.15) is 122 Å². The van der Waals surface area contributed by atoms with Gasteiger partial charge in [-0.25, -0.2) is 0 Å². The lowest BCUT2D eigenvalue weighted by Crippen LogP contribution is -2.51. The lowest BCUT2D eigenvalue weighted by molar-refractivity contribution is 0.415. The predicted octanol–water partition coefficient (Wildman–Crippen LogP) is 23.1. The fourth-order valence-electron chi connectivity index (χ4n) is 16.1. The zero-order valence-electron chi connectivity index (χ0n) is 49.7. The van der Waals surface area contributed by atoms with Gasteiger partial charge in [-0.2, -0.15) is 0 Å². The van der Waals surface area contributed by atoms with Crippen LogP contribution in [0.3, 0.4) is 0 Å². The van der Waals surface area contributed by atoms with Crippen molar-refractivity contribution in [1.29, 1.82) is 0 Å². The summed E-state index contributed by atoms with van der Waals surface area (Å²) in [5.41, 5.74) is 17.7. The monoisotopic (exact) mass is 1160 g/mol. The van der Waals surface area contributed by atoms with Crippen LogP contribution in [0.2, 0.25) is 33.2 Å². The van der Waals surface area contributed by atoms with Crippen LogP contribution in [0.15, 0.2) is 151 Å². The first-order chi connectivity index (χ1) is 38.6. The van der Waals surface area contributed by atoms with Crippen molar-refractivity contribution in [3.63, 3.8) is 0 Å². The molecule has 428 valence electrons. The van der Waals surface area contributed by atoms with Gasteiger partial charge in [-0.1, -0.05) is 146 Å². The second kappa shape index (κ2) is 24.2. The van der Waals surface area contributed by atoms with Crippen molar-refractivity contribution in [3.8, 4) is 54.6 Å². The summed E-state index contributed by atoms with van der Waals surface area (Å²) < 4.78 is 16.5. The van der Waals surface area contributed by atoms with E-state index in [9.17, 15) is 0 Å². The molecule has 0 aliphatic heterocycles. The van der Waals surface area contributed by atoms with Crippen LogP contribution < -0.4 is 9.47 Å². The smallest absolute Gasteiger partial charge is 0.169 e. The molecule has 12 rings (SSSR count). The largest absolute Gasteiger partial charge is 0.497 e. The van der Waals surface area contributed by atoms with Crippen molar-refractivity contribution < 1.29 is 9.47 Å². The van der Waals surface area contributed by atoms with Crippen molar-refractivity contribution >= 4 is 93.3 Å². The van der Waals surface area contributed by atoms with Crippen LogP contribution in [0.4, 0.5) is 0 Å². The van der Waals surface area contributed by atoms with Gasteiger partial charge in [-0.3, -0.25) is 4.98 Å². The summed E-state index contributed by atoms with van der Waals surface area (Å²) in [6.07, 6.45) is 13.7. The van der Waals surface area contributed by atoms with E-state index in [0.717, 1.165) is 24.3 Å². The SMILES string of the molecule is C.C.COc1ccc(-c2c3c(c(-c4cccs4)c4c2ccc2c4ccn2[Si](C(C)C)(C(C)C)C(C)C)CCCC3)cc1.COc1ccc(-c2c3cnccc3c(-c3cccs3)c3c2ccc2c3ccn2[Si](C(C)C)(C(C)C)C(C)C)cc1. The highest BCUT2D eigenvalue weighted by Gasteiger charge is 2.47. The molecule has 0 saturated carbocycles. The van der Waals surface area contributed by atoms with Gasteiger partial charge < -0.3 is 17.9 Å². The van der Waals surface area contributed by atoms with E-state index in [1.807, 2.05) is 35.1 Å². The van der Waals surface area contributed by atoms with Crippen LogP contribution in [0, 0.1) is 0 Å². The highest BCUT2D eigenvalue weighted by molar-refractivity contribution is 7.14. The molecule has 0 bridgehead atoms. The fourth-order valence-corrected chi connectivity index (χ4v) is 30.9. The molecule has 11 aromatic rings. The standard InChI is InChI=1S/C36H43NOSSi.C35H38N2OSSi.2CH4/c1-23(2)40(24(3)4,25(5)6)37-21-20-30-32(37)19-18-31-34(26-14-16-27(38-7)17-15-26)28-11-8-9-12-29(28)36(35(30)31)33-13-10-22-39-33;1-22(2)40(23(3)4,24(5)6)37-19-17-28-31(37)15-14-29-33(25-10-12-26(38-7)13-11-25)30-21-36-18-16-27(30)35(34(28)29)32-9-8-20-39-32;;/h10,13-25H,8-9,11-12H2,1-7H3;8-24H,1-7H3;2*1H4. The molecule has 0 atom stereocenters. The predicted molar refractivity (Wildman–Crippen MR) is 368 cm³/mol. The Bertz CT molecular complexity index is 3950. The van der Waals surface area contributed by atoms with Crippen molar-refractivity contribution in [2.75, 3.05) is 14.2 Å². The van der Waals surface area contributed by atoms with E-state index in [0.29, 0.717) is 33.2 Å². The minimum absolute atomic E-state index is 0. The van der Waals surface area contributed by atoms with Crippen molar-refractivity contribution in [2.45, 2.75) is 157 Å². The molecule has 1 aliphatic rings. The van der Waals surface area contributed by atoms with Gasteiger partial charge >= 0.3 is 0 Å². The number of hydrogen-bond donors (Lipinski definition) is 0. The van der Waals surface area contributed by atoms with Gasteiger partial charge in [-0.05, 0) is 198 Å². The van der Waals surface area contributed by atoms with E-state index >= 15 is 0 Å². The lowest BCUT2D eigenvalue weighted by Gasteiger charge is -2.44. The van der Waals surface area contributed by atoms with Gasteiger partial charge in [0.1, 0.15) is 11.5 Å². The Balaban J connectivity index is 0.000000193. The molecule has 5 nitrogen and oxygen atoms in total. The summed E-state index contributed by atoms with van der Waals surface area (Å²) in [6.45, 7) is 29.5. The second-order valence-corrected chi connectivity index (χ2v) is 37.7. The summed E-state index contributed by atoms with van der Waals surface area (Å²) in [5, 5.41) is 15.1. The Labute approximate surface area is 500 Å². The molecule has 5 aromatic heterocycles. The van der Waals surface area contributed by atoms with E-state index in [-0.39, 0.29) is 14.9 Å². The molecule has 9 heteroatoms. The Morgan fingerprint density at radius 2 is 0.841 bits per heavy atom. The summed E-state index contributed by atoms with van der Waals surface area (Å²) in [4.78, 5) is 7.30. The Morgan fingerprint density at radius 3 is 1.27 bits per heavy atom. The molecule has 5 heterocycles. The second-order valence-electron chi connectivity index (χ2n) is 24.4. The van der Waals surface area contributed by atoms with E-state index in [4.69, 9.17) is 9.47 Å². The summed E-state index contributed by atoms with van der Waals surface area (Å²) in [6, 6.07) is 42.9. The van der Waals surface area contributed by atoms with E-state index in [1.54, 1.807) is 25.3 Å². The van der Waals surface area contributed by atoms with E-state index < -0.39 is 16.5 Å². The summed E-state index contributed by atoms with van der Waals surface area (Å²) in [5.74, 6) is 1.77. The van der Waals surface area contributed by atoms with Gasteiger partial charge in [0.2, 0.25) is 0 Å². The number of rotatable bonds is 14. The van der Waals surface area contributed by atoms with Gasteiger partial charge in [0.05, 0.1) is 14.2 Å². The van der Waals surface area contributed by atoms with Crippen molar-refractivity contribution in [2.24, 2.45) is 0 Å². The first-order valence-corrected chi connectivity index (χ1v) is 35.5. The van der Waals surface area contributed by atoms with E-state index in [2.05, 4.69) is 235 Å². The van der Waals surface area contributed by atoms with Gasteiger partial charge in [0.25, 0.3) is 0 Å². The number of methoxy groups -OCH3 is 2. The average Bonchev–Trinajstić information content (AvgIpc) is 1.71. The van der Waals surface area contributed by atoms with Crippen LogP contribution in [0.25, 0.3) is 97.3 Å². The molecule has 1 aliphatic carbocycles. The van der Waals surface area contributed by atoms with Crippen LogP contribution >= 0.6 is 22.7 Å². The average molecular weight is 1160 g/mol. The molecular weight excluding hydrogens is 1070 g/mol. The maximum absolute atomic E-state index is 5.53. The number of ether oxygens (including phenoxy) is 2. The number of fused-ring (bicyclic) bond motifs is 8. The molecule has 0 radical (unpaired) electrons. The number of pyridine rings is 1. The molecule has 6 aromatic carbocycles.